The van der Waals surface area contributed by atoms with Crippen LogP contribution in [0.4, 0.5) is 11.4 Å². The number of nitrogens with zero attached hydrogens (tertiary/aromatic N) is 1. The third-order valence-electron chi connectivity index (χ3n) is 2.47. The van der Waals surface area contributed by atoms with E-state index in [2.05, 4.69) is 15.9 Å². The first-order chi connectivity index (χ1) is 8.49. The van der Waals surface area contributed by atoms with Crippen molar-refractivity contribution in [2.75, 3.05) is 17.7 Å². The normalized spacial score (nSPS) is 10.4. The van der Waals surface area contributed by atoms with Gasteiger partial charge in [-0.2, -0.15) is 0 Å². The fourth-order valence-electron chi connectivity index (χ4n) is 1.53. The molecule has 2 aromatic rings. The van der Waals surface area contributed by atoms with Crippen molar-refractivity contribution in [3.05, 3.63) is 44.0 Å². The number of amides is 1. The maximum atomic E-state index is 12.2. The smallest absolute Gasteiger partial charge is 0.258 e. The molecule has 0 atom stereocenters. The molecular formula is C12H10BrClN2OS. The molecule has 2 rings (SSSR count). The van der Waals surface area contributed by atoms with Gasteiger partial charge in [0.05, 0.1) is 20.7 Å². The molecule has 1 amide bonds. The summed E-state index contributed by atoms with van der Waals surface area (Å²) in [5.74, 6) is -0.120. The summed E-state index contributed by atoms with van der Waals surface area (Å²) in [4.78, 5) is 13.7. The highest BCUT2D eigenvalue weighted by molar-refractivity contribution is 9.11. The van der Waals surface area contributed by atoms with Crippen molar-refractivity contribution in [3.8, 4) is 0 Å². The largest absolute Gasteiger partial charge is 0.397 e. The molecule has 1 heterocycles. The standard InChI is InChI=1S/C12H10BrClN2OS/c1-16(10-5-8(14)2-3-9(10)15)12(17)7-4-11(13)18-6-7/h2-6H,15H2,1H3. The van der Waals surface area contributed by atoms with E-state index >= 15 is 0 Å². The molecule has 3 nitrogen and oxygen atoms in total. The monoisotopic (exact) mass is 344 g/mol. The lowest BCUT2D eigenvalue weighted by molar-refractivity contribution is 0.0993. The Morgan fingerprint density at radius 2 is 2.17 bits per heavy atom. The van der Waals surface area contributed by atoms with Crippen molar-refractivity contribution >= 4 is 56.1 Å². The number of nitrogen functional groups attached to an aromatic ring is 1. The molecule has 0 saturated heterocycles. The Bertz CT molecular complexity index is 600. The quantitative estimate of drug-likeness (QED) is 0.836. The van der Waals surface area contributed by atoms with Gasteiger partial charge >= 0.3 is 0 Å². The predicted molar refractivity (Wildman–Crippen MR) is 80.6 cm³/mol. The van der Waals surface area contributed by atoms with Gasteiger partial charge < -0.3 is 10.6 Å². The Balaban J connectivity index is 2.33. The molecule has 0 spiro atoms. The van der Waals surface area contributed by atoms with Gasteiger partial charge in [-0.15, -0.1) is 11.3 Å². The molecule has 1 aromatic carbocycles. The predicted octanol–water partition coefficient (Wildman–Crippen LogP) is 4.02. The Labute approximate surface area is 122 Å². The van der Waals surface area contributed by atoms with Crippen LogP contribution < -0.4 is 10.6 Å². The number of hydrogen-bond donors (Lipinski definition) is 1. The van der Waals surface area contributed by atoms with Crippen LogP contribution in [0.1, 0.15) is 10.4 Å². The third-order valence-corrected chi connectivity index (χ3v) is 4.21. The van der Waals surface area contributed by atoms with Gasteiger partial charge in [-0.1, -0.05) is 11.6 Å². The SMILES string of the molecule is CN(C(=O)c1csc(Br)c1)c1cc(Cl)ccc1N. The zero-order valence-electron chi connectivity index (χ0n) is 9.48. The van der Waals surface area contributed by atoms with Gasteiger partial charge in [0.2, 0.25) is 0 Å². The van der Waals surface area contributed by atoms with Crippen LogP contribution in [0, 0.1) is 0 Å². The van der Waals surface area contributed by atoms with Crippen LogP contribution in [0.15, 0.2) is 33.4 Å². The molecule has 0 radical (unpaired) electrons. The molecule has 0 fully saturated rings. The van der Waals surface area contributed by atoms with Gasteiger partial charge in [-0.25, -0.2) is 0 Å². The summed E-state index contributed by atoms with van der Waals surface area (Å²) in [6.45, 7) is 0. The van der Waals surface area contributed by atoms with Crippen LogP contribution in [-0.2, 0) is 0 Å². The van der Waals surface area contributed by atoms with Crippen LogP contribution in [0.2, 0.25) is 5.02 Å². The molecule has 6 heteroatoms. The molecule has 0 bridgehead atoms. The van der Waals surface area contributed by atoms with Crippen LogP contribution in [0.3, 0.4) is 0 Å². The van der Waals surface area contributed by atoms with E-state index in [9.17, 15) is 4.79 Å². The number of benzene rings is 1. The number of carbonyl (C=O) groups is 1. The van der Waals surface area contributed by atoms with Crippen molar-refractivity contribution in [3.63, 3.8) is 0 Å². The molecule has 1 aromatic heterocycles. The molecule has 18 heavy (non-hydrogen) atoms. The van der Waals surface area contributed by atoms with Crippen LogP contribution in [0.25, 0.3) is 0 Å². The lowest BCUT2D eigenvalue weighted by atomic mass is 10.2. The second-order valence-electron chi connectivity index (χ2n) is 3.71. The van der Waals surface area contributed by atoms with E-state index < -0.39 is 0 Å². The summed E-state index contributed by atoms with van der Waals surface area (Å²) in [6, 6.07) is 6.84. The van der Waals surface area contributed by atoms with Crippen molar-refractivity contribution < 1.29 is 4.79 Å². The summed E-state index contributed by atoms with van der Waals surface area (Å²) in [7, 11) is 1.68. The summed E-state index contributed by atoms with van der Waals surface area (Å²) < 4.78 is 0.915. The zero-order valence-corrected chi connectivity index (χ0v) is 12.6. The third kappa shape index (κ3) is 2.68. The van der Waals surface area contributed by atoms with Gasteiger partial charge in [-0.3, -0.25) is 4.79 Å². The minimum Gasteiger partial charge on any atom is -0.397 e. The number of carbonyl (C=O) groups excluding carboxylic acids is 1. The first-order valence-electron chi connectivity index (χ1n) is 5.06. The number of halogens is 2. The maximum absolute atomic E-state index is 12.2. The second kappa shape index (κ2) is 5.30. The first kappa shape index (κ1) is 13.4. The van der Waals surface area contributed by atoms with Gasteiger partial charge in [0.1, 0.15) is 0 Å². The minimum absolute atomic E-state index is 0.120. The zero-order chi connectivity index (χ0) is 13.3. The Hall–Kier alpha value is -1.04. The number of thiophene rings is 1. The van der Waals surface area contributed by atoms with Gasteiger partial charge in [0, 0.05) is 17.5 Å². The van der Waals surface area contributed by atoms with Crippen LogP contribution in [-0.4, -0.2) is 13.0 Å². The molecule has 0 aliphatic carbocycles. The van der Waals surface area contributed by atoms with E-state index in [1.54, 1.807) is 36.7 Å². The van der Waals surface area contributed by atoms with E-state index in [0.29, 0.717) is 22.0 Å². The molecule has 0 aliphatic heterocycles. The van der Waals surface area contributed by atoms with Gasteiger partial charge in [0.15, 0.2) is 0 Å². The highest BCUT2D eigenvalue weighted by Gasteiger charge is 2.17. The topological polar surface area (TPSA) is 46.3 Å². The average molecular weight is 346 g/mol. The fraction of sp³-hybridized carbons (Fsp3) is 0.0833. The summed E-state index contributed by atoms with van der Waals surface area (Å²) in [5, 5.41) is 2.34. The number of nitrogens with two attached hydrogens (primary N) is 1. The van der Waals surface area contributed by atoms with E-state index in [0.717, 1.165) is 3.79 Å². The molecule has 0 saturated carbocycles. The second-order valence-corrected chi connectivity index (χ2v) is 6.43. The Morgan fingerprint density at radius 3 is 2.78 bits per heavy atom. The Morgan fingerprint density at radius 1 is 1.44 bits per heavy atom. The van der Waals surface area contributed by atoms with E-state index in [1.807, 2.05) is 0 Å². The number of rotatable bonds is 2. The van der Waals surface area contributed by atoms with Crippen molar-refractivity contribution in [2.45, 2.75) is 0 Å². The summed E-state index contributed by atoms with van der Waals surface area (Å²) in [5.41, 5.74) is 7.60. The van der Waals surface area contributed by atoms with Crippen molar-refractivity contribution in [1.82, 2.24) is 0 Å². The highest BCUT2D eigenvalue weighted by atomic mass is 79.9. The molecule has 0 unspecified atom stereocenters. The maximum Gasteiger partial charge on any atom is 0.258 e. The van der Waals surface area contributed by atoms with Crippen molar-refractivity contribution in [2.24, 2.45) is 0 Å². The minimum atomic E-state index is -0.120. The van der Waals surface area contributed by atoms with Crippen LogP contribution in [0.5, 0.6) is 0 Å². The number of hydrogen-bond acceptors (Lipinski definition) is 3. The average Bonchev–Trinajstić information content (AvgIpc) is 2.77. The van der Waals surface area contributed by atoms with E-state index in [1.165, 1.54) is 16.2 Å². The number of anilines is 2. The molecule has 2 N–H and O–H groups in total. The lowest BCUT2D eigenvalue weighted by Gasteiger charge is -2.18. The van der Waals surface area contributed by atoms with E-state index in [-0.39, 0.29) is 5.91 Å². The van der Waals surface area contributed by atoms with Crippen molar-refractivity contribution in [1.29, 1.82) is 0 Å². The first-order valence-corrected chi connectivity index (χ1v) is 7.11. The highest BCUT2D eigenvalue weighted by Crippen LogP contribution is 2.28. The summed E-state index contributed by atoms with van der Waals surface area (Å²) >= 11 is 10.7. The van der Waals surface area contributed by atoms with Crippen LogP contribution >= 0.6 is 38.9 Å². The molecule has 94 valence electrons. The molecule has 0 aliphatic rings. The summed E-state index contributed by atoms with van der Waals surface area (Å²) in [6.07, 6.45) is 0. The van der Waals surface area contributed by atoms with Gasteiger partial charge in [0.25, 0.3) is 5.91 Å². The van der Waals surface area contributed by atoms with E-state index in [4.69, 9.17) is 17.3 Å². The Kier molecular flexibility index (Phi) is 3.94. The van der Waals surface area contributed by atoms with Gasteiger partial charge in [-0.05, 0) is 40.2 Å². The fourth-order valence-corrected chi connectivity index (χ4v) is 2.83. The lowest BCUT2D eigenvalue weighted by Crippen LogP contribution is -2.26. The molecular weight excluding hydrogens is 336 g/mol.